The highest BCUT2D eigenvalue weighted by atomic mass is 16.6. The predicted octanol–water partition coefficient (Wildman–Crippen LogP) is 0.472. The summed E-state index contributed by atoms with van der Waals surface area (Å²) in [6.45, 7) is 9.83. The molecule has 1 aliphatic heterocycles. The standard InChI is InChI=1S/C22H28O9/c1-10(14(25)9-29-12(3)24)20(27)30-15-7-22(4)16(26)6-5-13(8-23)18(22)19-17(15)11(2)21(28)31-19/h8,13-19,25-26H,1-2,5-7,9H2,3-4H3/t13-,14-,15+,16-,17-,18-,19+,22+/m1/s1. The van der Waals surface area contributed by atoms with Crippen molar-refractivity contribution in [2.75, 3.05) is 6.61 Å². The summed E-state index contributed by atoms with van der Waals surface area (Å²) < 4.78 is 15.8. The fraction of sp³-hybridized carbons (Fsp3) is 0.636. The number of aldehydes is 1. The van der Waals surface area contributed by atoms with Gasteiger partial charge in [-0.2, -0.15) is 0 Å². The van der Waals surface area contributed by atoms with Crippen molar-refractivity contribution in [3.8, 4) is 0 Å². The first-order chi connectivity index (χ1) is 14.5. The van der Waals surface area contributed by atoms with Gasteiger partial charge in [0.05, 0.1) is 17.6 Å². The van der Waals surface area contributed by atoms with Crippen LogP contribution in [0.3, 0.4) is 0 Å². The van der Waals surface area contributed by atoms with Crippen molar-refractivity contribution in [3.63, 3.8) is 0 Å². The lowest BCUT2D eigenvalue weighted by molar-refractivity contribution is -0.195. The van der Waals surface area contributed by atoms with E-state index >= 15 is 0 Å². The maximum Gasteiger partial charge on any atom is 0.336 e. The third-order valence-corrected chi connectivity index (χ3v) is 6.96. The molecule has 0 spiro atoms. The Morgan fingerprint density at radius 3 is 2.68 bits per heavy atom. The van der Waals surface area contributed by atoms with Crippen LogP contribution in [0.15, 0.2) is 24.3 Å². The lowest BCUT2D eigenvalue weighted by Gasteiger charge is -2.55. The largest absolute Gasteiger partial charge is 0.463 e. The first kappa shape index (κ1) is 23.1. The van der Waals surface area contributed by atoms with Gasteiger partial charge in [-0.25, -0.2) is 9.59 Å². The number of fused-ring (bicyclic) bond motifs is 3. The van der Waals surface area contributed by atoms with Crippen LogP contribution in [0, 0.1) is 23.2 Å². The quantitative estimate of drug-likeness (QED) is 0.263. The van der Waals surface area contributed by atoms with E-state index in [2.05, 4.69) is 17.9 Å². The Labute approximate surface area is 180 Å². The summed E-state index contributed by atoms with van der Waals surface area (Å²) in [4.78, 5) is 47.6. The number of aliphatic hydroxyl groups excluding tert-OH is 2. The van der Waals surface area contributed by atoms with Crippen molar-refractivity contribution in [2.45, 2.75) is 57.5 Å². The summed E-state index contributed by atoms with van der Waals surface area (Å²) in [5.74, 6) is -3.69. The number of rotatable bonds is 6. The fourth-order valence-corrected chi connectivity index (χ4v) is 5.28. The van der Waals surface area contributed by atoms with Gasteiger partial charge in [0.2, 0.25) is 0 Å². The smallest absolute Gasteiger partial charge is 0.336 e. The maximum atomic E-state index is 12.6. The monoisotopic (exact) mass is 436 g/mol. The maximum absolute atomic E-state index is 12.6. The Hall–Kier alpha value is -2.52. The van der Waals surface area contributed by atoms with Gasteiger partial charge in [0.15, 0.2) is 0 Å². The molecule has 9 heteroatoms. The van der Waals surface area contributed by atoms with Crippen LogP contribution in [0.1, 0.15) is 33.1 Å². The Morgan fingerprint density at radius 1 is 1.39 bits per heavy atom. The number of hydrogen-bond acceptors (Lipinski definition) is 9. The van der Waals surface area contributed by atoms with Crippen molar-refractivity contribution in [1.82, 2.24) is 0 Å². The van der Waals surface area contributed by atoms with Gasteiger partial charge >= 0.3 is 17.9 Å². The zero-order chi connectivity index (χ0) is 23.1. The van der Waals surface area contributed by atoms with Crippen LogP contribution in [-0.2, 0) is 33.4 Å². The van der Waals surface area contributed by atoms with Gasteiger partial charge in [-0.15, -0.1) is 0 Å². The molecular weight excluding hydrogens is 408 g/mol. The fourth-order valence-electron chi connectivity index (χ4n) is 5.28. The molecule has 1 saturated heterocycles. The minimum absolute atomic E-state index is 0.139. The van der Waals surface area contributed by atoms with Crippen molar-refractivity contribution in [2.24, 2.45) is 23.2 Å². The average molecular weight is 436 g/mol. The van der Waals surface area contributed by atoms with E-state index < -0.39 is 72.1 Å². The Bertz CT molecular complexity index is 818. The molecule has 0 aromatic carbocycles. The first-order valence-electron chi connectivity index (χ1n) is 10.3. The van der Waals surface area contributed by atoms with Gasteiger partial charge in [0.25, 0.3) is 0 Å². The van der Waals surface area contributed by atoms with Gasteiger partial charge in [-0.3, -0.25) is 4.79 Å². The summed E-state index contributed by atoms with van der Waals surface area (Å²) in [6, 6.07) is 0. The van der Waals surface area contributed by atoms with E-state index in [9.17, 15) is 29.4 Å². The number of carbonyl (C=O) groups excluding carboxylic acids is 4. The third-order valence-electron chi connectivity index (χ3n) is 6.96. The van der Waals surface area contributed by atoms with Crippen LogP contribution in [0.25, 0.3) is 0 Å². The van der Waals surface area contributed by atoms with E-state index in [1.807, 2.05) is 0 Å². The minimum atomic E-state index is -1.46. The molecule has 1 heterocycles. The van der Waals surface area contributed by atoms with Crippen LogP contribution in [-0.4, -0.2) is 65.4 Å². The van der Waals surface area contributed by atoms with E-state index in [-0.39, 0.29) is 17.6 Å². The average Bonchev–Trinajstić information content (AvgIpc) is 3.01. The Morgan fingerprint density at radius 2 is 2.06 bits per heavy atom. The van der Waals surface area contributed by atoms with Gasteiger partial charge in [-0.1, -0.05) is 20.1 Å². The number of esters is 3. The van der Waals surface area contributed by atoms with Crippen LogP contribution in [0.2, 0.25) is 0 Å². The normalized spacial score (nSPS) is 37.7. The molecule has 0 radical (unpaired) electrons. The molecule has 3 aliphatic rings. The summed E-state index contributed by atoms with van der Waals surface area (Å²) in [7, 11) is 0. The molecule has 3 rings (SSSR count). The second-order valence-electron chi connectivity index (χ2n) is 8.84. The number of ether oxygens (including phenoxy) is 3. The van der Waals surface area contributed by atoms with E-state index in [4.69, 9.17) is 9.47 Å². The molecule has 0 unspecified atom stereocenters. The molecule has 3 fully saturated rings. The highest BCUT2D eigenvalue weighted by Gasteiger charge is 2.63. The molecule has 9 nitrogen and oxygen atoms in total. The molecule has 0 aromatic rings. The van der Waals surface area contributed by atoms with Gasteiger partial charge in [0, 0.05) is 29.7 Å². The molecule has 0 bridgehead atoms. The highest BCUT2D eigenvalue weighted by Crippen LogP contribution is 2.58. The van der Waals surface area contributed by atoms with Crippen molar-refractivity contribution in [1.29, 1.82) is 0 Å². The van der Waals surface area contributed by atoms with E-state index in [1.54, 1.807) is 6.92 Å². The molecule has 0 amide bonds. The predicted molar refractivity (Wildman–Crippen MR) is 105 cm³/mol. The van der Waals surface area contributed by atoms with Crippen molar-refractivity contribution >= 4 is 24.2 Å². The molecule has 170 valence electrons. The highest BCUT2D eigenvalue weighted by molar-refractivity contribution is 5.92. The van der Waals surface area contributed by atoms with Gasteiger partial charge < -0.3 is 29.2 Å². The molecule has 2 N–H and O–H groups in total. The lowest BCUT2D eigenvalue weighted by Crippen LogP contribution is -2.60. The molecule has 31 heavy (non-hydrogen) atoms. The van der Waals surface area contributed by atoms with Crippen LogP contribution in [0.5, 0.6) is 0 Å². The van der Waals surface area contributed by atoms with Crippen LogP contribution >= 0.6 is 0 Å². The van der Waals surface area contributed by atoms with Crippen molar-refractivity contribution < 1.29 is 43.6 Å². The summed E-state index contributed by atoms with van der Waals surface area (Å²) in [5, 5.41) is 20.8. The SMILES string of the molecule is C=C1C(=O)O[C@H]2[C@H]1[C@@H](OC(=O)C(=C)[C@H](O)COC(C)=O)C[C@]1(C)[C@@H]2[C@@H](C=O)CC[C@H]1O. The number of hydrogen-bond donors (Lipinski definition) is 2. The number of aliphatic hydroxyl groups is 2. The topological polar surface area (TPSA) is 136 Å². The molecular formula is C22H28O9. The third kappa shape index (κ3) is 4.04. The van der Waals surface area contributed by atoms with E-state index in [0.29, 0.717) is 12.8 Å². The van der Waals surface area contributed by atoms with Gasteiger partial charge in [-0.05, 0) is 19.3 Å². The van der Waals surface area contributed by atoms with Gasteiger partial charge in [0.1, 0.15) is 31.2 Å². The molecule has 2 aliphatic carbocycles. The molecule has 0 aromatic heterocycles. The zero-order valence-corrected chi connectivity index (χ0v) is 17.6. The second kappa shape index (κ2) is 8.55. The minimum Gasteiger partial charge on any atom is -0.463 e. The Kier molecular flexibility index (Phi) is 6.38. The number of carbonyl (C=O) groups is 4. The first-order valence-corrected chi connectivity index (χ1v) is 10.3. The summed E-state index contributed by atoms with van der Waals surface area (Å²) in [6.07, 6.45) is -1.99. The lowest BCUT2D eigenvalue weighted by atomic mass is 9.51. The Balaban J connectivity index is 1.85. The molecule has 8 atom stereocenters. The summed E-state index contributed by atoms with van der Waals surface area (Å²) >= 11 is 0. The van der Waals surface area contributed by atoms with E-state index in [0.717, 1.165) is 13.2 Å². The summed E-state index contributed by atoms with van der Waals surface area (Å²) in [5.41, 5.74) is -1.00. The van der Waals surface area contributed by atoms with E-state index in [1.165, 1.54) is 0 Å². The molecule has 2 saturated carbocycles. The zero-order valence-electron chi connectivity index (χ0n) is 17.6. The second-order valence-corrected chi connectivity index (χ2v) is 8.84. The van der Waals surface area contributed by atoms with Crippen LogP contribution < -0.4 is 0 Å². The van der Waals surface area contributed by atoms with Crippen LogP contribution in [0.4, 0.5) is 0 Å². The van der Waals surface area contributed by atoms with Crippen molar-refractivity contribution in [3.05, 3.63) is 24.3 Å².